The van der Waals surface area contributed by atoms with Gasteiger partial charge in [0.05, 0.1) is 6.67 Å². The second kappa shape index (κ2) is 4.74. The topological polar surface area (TPSA) is 41.3 Å². The fraction of sp³-hybridized carbons (Fsp3) is 0.333. The fourth-order valence-corrected chi connectivity index (χ4v) is 1.13. The predicted molar refractivity (Wildman–Crippen MR) is 51.7 cm³/mol. The average Bonchev–Trinajstić information content (AvgIpc) is 2.15. The summed E-state index contributed by atoms with van der Waals surface area (Å²) in [6.45, 7) is 3.74. The molecule has 0 radical (unpaired) electrons. The smallest absolute Gasteiger partial charge is 0.0808 e. The molecule has 0 aliphatic carbocycles. The van der Waals surface area contributed by atoms with E-state index in [0.29, 0.717) is 6.67 Å². The van der Waals surface area contributed by atoms with Gasteiger partial charge in [-0.3, -0.25) is 5.84 Å². The lowest BCUT2D eigenvalue weighted by Crippen LogP contribution is -2.37. The Morgan fingerprint density at radius 2 is 2.00 bits per heavy atom. The van der Waals surface area contributed by atoms with E-state index in [2.05, 4.69) is 29.4 Å². The molecule has 3 nitrogen and oxygen atoms in total. The molecule has 0 aromatic heterocycles. The Bertz CT molecular complexity index is 210. The molecule has 0 aliphatic heterocycles. The molecule has 1 aromatic carbocycles. The maximum atomic E-state index is 5.25. The highest BCUT2D eigenvalue weighted by molar-refractivity contribution is 5.45. The number of hydrogen-bond acceptors (Lipinski definition) is 3. The Balaban J connectivity index is 2.66. The third-order valence-electron chi connectivity index (χ3n) is 1.79. The minimum Gasteiger partial charge on any atom is -0.358 e. The minimum atomic E-state index is 0.681. The van der Waals surface area contributed by atoms with Crippen molar-refractivity contribution in [2.45, 2.75) is 6.92 Å². The molecule has 0 bridgehead atoms. The lowest BCUT2D eigenvalue weighted by Gasteiger charge is -2.21. The summed E-state index contributed by atoms with van der Waals surface area (Å²) < 4.78 is 0. The van der Waals surface area contributed by atoms with Crippen molar-refractivity contribution in [3.05, 3.63) is 30.3 Å². The molecular formula is C9H15N3. The molecule has 0 atom stereocenters. The summed E-state index contributed by atoms with van der Waals surface area (Å²) in [5.41, 5.74) is 3.84. The second-order valence-corrected chi connectivity index (χ2v) is 2.55. The predicted octanol–water partition coefficient (Wildman–Crippen LogP) is 0.934. The number of benzene rings is 1. The zero-order valence-corrected chi connectivity index (χ0v) is 7.33. The number of nitrogens with two attached hydrogens (primary N) is 1. The van der Waals surface area contributed by atoms with Crippen LogP contribution in [0, 0.1) is 0 Å². The molecule has 3 heteroatoms. The van der Waals surface area contributed by atoms with Crippen LogP contribution in [-0.4, -0.2) is 13.2 Å². The lowest BCUT2D eigenvalue weighted by molar-refractivity contribution is 0.687. The molecule has 1 rings (SSSR count). The van der Waals surface area contributed by atoms with E-state index >= 15 is 0 Å². The van der Waals surface area contributed by atoms with Crippen LogP contribution >= 0.6 is 0 Å². The number of anilines is 1. The third-order valence-corrected chi connectivity index (χ3v) is 1.79. The summed E-state index contributed by atoms with van der Waals surface area (Å²) in [7, 11) is 0. The Morgan fingerprint density at radius 3 is 2.50 bits per heavy atom. The van der Waals surface area contributed by atoms with E-state index < -0.39 is 0 Å². The Kier molecular flexibility index (Phi) is 3.57. The number of hydrogen-bond donors (Lipinski definition) is 2. The largest absolute Gasteiger partial charge is 0.358 e. The van der Waals surface area contributed by atoms with Crippen LogP contribution in [0.15, 0.2) is 30.3 Å². The normalized spacial score (nSPS) is 9.83. The first-order valence-corrected chi connectivity index (χ1v) is 4.12. The van der Waals surface area contributed by atoms with Gasteiger partial charge in [-0.15, -0.1) is 0 Å². The van der Waals surface area contributed by atoms with Crippen LogP contribution in [0.5, 0.6) is 0 Å². The lowest BCUT2D eigenvalue weighted by atomic mass is 10.3. The van der Waals surface area contributed by atoms with Crippen molar-refractivity contribution >= 4 is 5.69 Å². The fourth-order valence-electron chi connectivity index (χ4n) is 1.13. The molecule has 0 unspecified atom stereocenters. The van der Waals surface area contributed by atoms with Gasteiger partial charge in [0.15, 0.2) is 0 Å². The Labute approximate surface area is 73.1 Å². The number of rotatable bonds is 4. The standard InChI is InChI=1S/C9H15N3/c1-2-12(8-11-10)9-6-4-3-5-7-9/h3-7,11H,2,8,10H2,1H3. The molecule has 0 aliphatic rings. The highest BCUT2D eigenvalue weighted by Gasteiger charge is 1.99. The van der Waals surface area contributed by atoms with Crippen molar-refractivity contribution in [3.8, 4) is 0 Å². The molecule has 0 saturated carbocycles. The van der Waals surface area contributed by atoms with E-state index in [-0.39, 0.29) is 0 Å². The van der Waals surface area contributed by atoms with Crippen molar-refractivity contribution in [2.24, 2.45) is 5.84 Å². The second-order valence-electron chi connectivity index (χ2n) is 2.55. The van der Waals surface area contributed by atoms with Crippen molar-refractivity contribution in [1.29, 1.82) is 0 Å². The number of nitrogens with one attached hydrogen (secondary N) is 1. The monoisotopic (exact) mass is 165 g/mol. The number of hydrazine groups is 1. The van der Waals surface area contributed by atoms with Crippen LogP contribution in [0.25, 0.3) is 0 Å². The van der Waals surface area contributed by atoms with Crippen molar-refractivity contribution in [1.82, 2.24) is 5.43 Å². The first-order valence-electron chi connectivity index (χ1n) is 4.12. The summed E-state index contributed by atoms with van der Waals surface area (Å²) in [5.74, 6) is 5.25. The molecule has 0 spiro atoms. The molecule has 0 heterocycles. The van der Waals surface area contributed by atoms with E-state index in [1.54, 1.807) is 0 Å². The van der Waals surface area contributed by atoms with Crippen LogP contribution in [0.4, 0.5) is 5.69 Å². The van der Waals surface area contributed by atoms with E-state index in [9.17, 15) is 0 Å². The van der Waals surface area contributed by atoms with E-state index in [1.165, 1.54) is 5.69 Å². The number of nitrogens with zero attached hydrogens (tertiary/aromatic N) is 1. The van der Waals surface area contributed by atoms with Gasteiger partial charge < -0.3 is 4.90 Å². The maximum Gasteiger partial charge on any atom is 0.0808 e. The molecule has 0 amide bonds. The summed E-state index contributed by atoms with van der Waals surface area (Å²) >= 11 is 0. The van der Waals surface area contributed by atoms with E-state index in [4.69, 9.17) is 5.84 Å². The Morgan fingerprint density at radius 1 is 1.33 bits per heavy atom. The van der Waals surface area contributed by atoms with E-state index in [0.717, 1.165) is 6.54 Å². The molecular weight excluding hydrogens is 150 g/mol. The van der Waals surface area contributed by atoms with Crippen LogP contribution < -0.4 is 16.2 Å². The summed E-state index contributed by atoms with van der Waals surface area (Å²) in [4.78, 5) is 2.15. The maximum absolute atomic E-state index is 5.25. The van der Waals surface area contributed by atoms with Gasteiger partial charge in [-0.25, -0.2) is 5.43 Å². The summed E-state index contributed by atoms with van der Waals surface area (Å²) in [5, 5.41) is 0. The third kappa shape index (κ3) is 2.22. The van der Waals surface area contributed by atoms with Gasteiger partial charge >= 0.3 is 0 Å². The van der Waals surface area contributed by atoms with Gasteiger partial charge in [0, 0.05) is 12.2 Å². The van der Waals surface area contributed by atoms with Crippen molar-refractivity contribution in [2.75, 3.05) is 18.1 Å². The van der Waals surface area contributed by atoms with Gasteiger partial charge in [-0.05, 0) is 19.1 Å². The number of para-hydroxylation sites is 1. The summed E-state index contributed by atoms with van der Waals surface area (Å²) in [6.07, 6.45) is 0. The molecule has 0 saturated heterocycles. The van der Waals surface area contributed by atoms with Crippen molar-refractivity contribution < 1.29 is 0 Å². The molecule has 12 heavy (non-hydrogen) atoms. The zero-order chi connectivity index (χ0) is 8.81. The van der Waals surface area contributed by atoms with Gasteiger partial charge in [0.2, 0.25) is 0 Å². The van der Waals surface area contributed by atoms with Crippen LogP contribution in [0.1, 0.15) is 6.92 Å². The van der Waals surface area contributed by atoms with Crippen LogP contribution in [0.2, 0.25) is 0 Å². The van der Waals surface area contributed by atoms with Crippen LogP contribution in [0.3, 0.4) is 0 Å². The van der Waals surface area contributed by atoms with Gasteiger partial charge in [0.25, 0.3) is 0 Å². The molecule has 66 valence electrons. The zero-order valence-electron chi connectivity index (χ0n) is 7.33. The first kappa shape index (κ1) is 9.03. The SMILES string of the molecule is CCN(CNN)c1ccccc1. The molecule has 3 N–H and O–H groups in total. The first-order chi connectivity index (χ1) is 5.88. The minimum absolute atomic E-state index is 0.681. The highest BCUT2D eigenvalue weighted by atomic mass is 15.3. The molecule has 0 fully saturated rings. The average molecular weight is 165 g/mol. The van der Waals surface area contributed by atoms with Gasteiger partial charge in [-0.2, -0.15) is 0 Å². The van der Waals surface area contributed by atoms with Gasteiger partial charge in [-0.1, -0.05) is 18.2 Å². The van der Waals surface area contributed by atoms with Crippen LogP contribution in [-0.2, 0) is 0 Å². The van der Waals surface area contributed by atoms with E-state index in [1.807, 2.05) is 18.2 Å². The Hall–Kier alpha value is -1.06. The molecule has 1 aromatic rings. The highest BCUT2D eigenvalue weighted by Crippen LogP contribution is 2.10. The summed E-state index contributed by atoms with van der Waals surface area (Å²) in [6, 6.07) is 10.2. The quantitative estimate of drug-likeness (QED) is 0.396. The van der Waals surface area contributed by atoms with Gasteiger partial charge in [0.1, 0.15) is 0 Å². The van der Waals surface area contributed by atoms with Crippen molar-refractivity contribution in [3.63, 3.8) is 0 Å².